The number of carbonyl (C=O) groups excluding carboxylic acids is 2. The summed E-state index contributed by atoms with van der Waals surface area (Å²) >= 11 is 0. The largest absolute Gasteiger partial charge is 0.382 e. The average molecular weight is 391 g/mol. The predicted octanol–water partition coefficient (Wildman–Crippen LogP) is 3.17. The number of fused-ring (bicyclic) bond motifs is 1. The lowest BCUT2D eigenvalue weighted by Gasteiger charge is -2.08. The first-order valence-corrected chi connectivity index (χ1v) is 9.75. The van der Waals surface area contributed by atoms with Crippen molar-refractivity contribution in [2.75, 3.05) is 26.3 Å². The van der Waals surface area contributed by atoms with Crippen molar-refractivity contribution < 1.29 is 14.3 Å². The first kappa shape index (κ1) is 20.5. The summed E-state index contributed by atoms with van der Waals surface area (Å²) in [5.41, 5.74) is 3.42. The van der Waals surface area contributed by atoms with Gasteiger partial charge in [0.25, 0.3) is 5.91 Å². The molecule has 0 atom stereocenters. The Labute approximate surface area is 170 Å². The van der Waals surface area contributed by atoms with Crippen LogP contribution in [-0.4, -0.2) is 43.1 Å². The maximum absolute atomic E-state index is 12.3. The van der Waals surface area contributed by atoms with Crippen molar-refractivity contribution in [3.05, 3.63) is 66.4 Å². The van der Waals surface area contributed by atoms with E-state index in [9.17, 15) is 9.59 Å². The van der Waals surface area contributed by atoms with Crippen molar-refractivity contribution in [3.63, 3.8) is 0 Å². The van der Waals surface area contributed by atoms with E-state index >= 15 is 0 Å². The highest BCUT2D eigenvalue weighted by molar-refractivity contribution is 5.97. The minimum Gasteiger partial charge on any atom is -0.382 e. The molecule has 6 nitrogen and oxygen atoms in total. The third kappa shape index (κ3) is 5.86. The molecule has 0 saturated carbocycles. The van der Waals surface area contributed by atoms with Crippen LogP contribution in [0.3, 0.4) is 0 Å². The fourth-order valence-corrected chi connectivity index (χ4v) is 2.91. The van der Waals surface area contributed by atoms with Gasteiger partial charge in [-0.25, -0.2) is 0 Å². The lowest BCUT2D eigenvalue weighted by molar-refractivity contribution is -0.120. The number of rotatable bonds is 9. The molecule has 2 N–H and O–H groups in total. The number of nitrogens with one attached hydrogen (secondary N) is 2. The Kier molecular flexibility index (Phi) is 7.30. The summed E-state index contributed by atoms with van der Waals surface area (Å²) in [6.45, 7) is 3.69. The van der Waals surface area contributed by atoms with Gasteiger partial charge in [0.05, 0.1) is 12.1 Å². The SMILES string of the molecule is CCOCCCNC(=O)CNC(=O)c1ccc(-c2cnc3ccccc3c2)cc1. The highest BCUT2D eigenvalue weighted by Gasteiger charge is 2.09. The Hall–Kier alpha value is -3.25. The summed E-state index contributed by atoms with van der Waals surface area (Å²) in [5.74, 6) is -0.494. The van der Waals surface area contributed by atoms with Crippen LogP contribution in [0.5, 0.6) is 0 Å². The smallest absolute Gasteiger partial charge is 0.251 e. The van der Waals surface area contributed by atoms with Gasteiger partial charge in [-0.05, 0) is 43.2 Å². The number of para-hydroxylation sites is 1. The first-order valence-electron chi connectivity index (χ1n) is 9.75. The van der Waals surface area contributed by atoms with E-state index in [1.54, 1.807) is 12.1 Å². The normalized spacial score (nSPS) is 10.7. The Morgan fingerprint density at radius 3 is 2.59 bits per heavy atom. The average Bonchev–Trinajstić information content (AvgIpc) is 2.77. The van der Waals surface area contributed by atoms with Crippen LogP contribution in [0.1, 0.15) is 23.7 Å². The molecule has 0 aliphatic heterocycles. The van der Waals surface area contributed by atoms with E-state index in [2.05, 4.69) is 21.7 Å². The summed E-state index contributed by atoms with van der Waals surface area (Å²) in [7, 11) is 0. The number of amides is 2. The van der Waals surface area contributed by atoms with Gasteiger partial charge in [0.15, 0.2) is 0 Å². The zero-order valence-electron chi connectivity index (χ0n) is 16.5. The molecule has 29 heavy (non-hydrogen) atoms. The van der Waals surface area contributed by atoms with Gasteiger partial charge in [-0.3, -0.25) is 14.6 Å². The Bertz CT molecular complexity index is 971. The van der Waals surface area contributed by atoms with Gasteiger partial charge < -0.3 is 15.4 Å². The third-order valence-electron chi connectivity index (χ3n) is 4.47. The summed E-state index contributed by atoms with van der Waals surface area (Å²) in [5, 5.41) is 6.46. The van der Waals surface area contributed by atoms with Crippen molar-refractivity contribution in [2.24, 2.45) is 0 Å². The van der Waals surface area contributed by atoms with Crippen LogP contribution in [0, 0.1) is 0 Å². The summed E-state index contributed by atoms with van der Waals surface area (Å²) < 4.78 is 5.21. The van der Waals surface area contributed by atoms with Crippen molar-refractivity contribution in [1.82, 2.24) is 15.6 Å². The van der Waals surface area contributed by atoms with Crippen LogP contribution in [-0.2, 0) is 9.53 Å². The lowest BCUT2D eigenvalue weighted by atomic mass is 10.0. The highest BCUT2D eigenvalue weighted by atomic mass is 16.5. The van der Waals surface area contributed by atoms with Crippen LogP contribution in [0.25, 0.3) is 22.0 Å². The monoisotopic (exact) mass is 391 g/mol. The number of benzene rings is 2. The number of aromatic nitrogens is 1. The number of pyridine rings is 1. The molecule has 0 radical (unpaired) electrons. The van der Waals surface area contributed by atoms with Crippen LogP contribution in [0.2, 0.25) is 0 Å². The van der Waals surface area contributed by atoms with E-state index in [-0.39, 0.29) is 18.4 Å². The van der Waals surface area contributed by atoms with Gasteiger partial charge in [0.2, 0.25) is 5.91 Å². The fourth-order valence-electron chi connectivity index (χ4n) is 2.91. The van der Waals surface area contributed by atoms with E-state index in [1.165, 1.54) is 0 Å². The summed E-state index contributed by atoms with van der Waals surface area (Å²) in [6.07, 6.45) is 2.58. The van der Waals surface area contributed by atoms with E-state index < -0.39 is 0 Å². The van der Waals surface area contributed by atoms with Gasteiger partial charge in [-0.15, -0.1) is 0 Å². The number of ether oxygens (including phenoxy) is 1. The van der Waals surface area contributed by atoms with Crippen molar-refractivity contribution >= 4 is 22.7 Å². The van der Waals surface area contributed by atoms with E-state index in [0.29, 0.717) is 25.3 Å². The first-order chi connectivity index (χ1) is 14.2. The second kappa shape index (κ2) is 10.3. The molecule has 0 bridgehead atoms. The maximum atomic E-state index is 12.3. The molecular formula is C23H25N3O3. The molecule has 2 amide bonds. The Balaban J connectivity index is 1.52. The van der Waals surface area contributed by atoms with E-state index in [4.69, 9.17) is 4.74 Å². The van der Waals surface area contributed by atoms with Crippen LogP contribution >= 0.6 is 0 Å². The van der Waals surface area contributed by atoms with Crippen molar-refractivity contribution in [3.8, 4) is 11.1 Å². The molecule has 1 heterocycles. The number of hydrogen-bond donors (Lipinski definition) is 2. The number of nitrogens with zero attached hydrogens (tertiary/aromatic N) is 1. The summed E-state index contributed by atoms with van der Waals surface area (Å²) in [6, 6.07) is 17.3. The van der Waals surface area contributed by atoms with E-state index in [0.717, 1.165) is 28.5 Å². The third-order valence-corrected chi connectivity index (χ3v) is 4.47. The molecule has 150 valence electrons. The predicted molar refractivity (Wildman–Crippen MR) is 114 cm³/mol. The molecule has 0 unspecified atom stereocenters. The molecule has 0 aliphatic carbocycles. The van der Waals surface area contributed by atoms with Gasteiger partial charge in [0, 0.05) is 42.5 Å². The van der Waals surface area contributed by atoms with E-state index in [1.807, 2.05) is 49.5 Å². The summed E-state index contributed by atoms with van der Waals surface area (Å²) in [4.78, 5) is 28.5. The molecule has 6 heteroatoms. The zero-order valence-corrected chi connectivity index (χ0v) is 16.5. The minimum absolute atomic E-state index is 0.0518. The molecule has 3 rings (SSSR count). The number of hydrogen-bond acceptors (Lipinski definition) is 4. The lowest BCUT2D eigenvalue weighted by Crippen LogP contribution is -2.37. The Morgan fingerprint density at radius 2 is 1.79 bits per heavy atom. The highest BCUT2D eigenvalue weighted by Crippen LogP contribution is 2.23. The molecular weight excluding hydrogens is 366 g/mol. The van der Waals surface area contributed by atoms with Crippen LogP contribution in [0.15, 0.2) is 60.8 Å². The molecule has 0 saturated heterocycles. The fraction of sp³-hybridized carbons (Fsp3) is 0.261. The van der Waals surface area contributed by atoms with Gasteiger partial charge in [-0.1, -0.05) is 30.3 Å². The van der Waals surface area contributed by atoms with Gasteiger partial charge in [-0.2, -0.15) is 0 Å². The minimum atomic E-state index is -0.280. The molecule has 3 aromatic rings. The quantitative estimate of drug-likeness (QED) is 0.549. The van der Waals surface area contributed by atoms with Crippen molar-refractivity contribution in [1.29, 1.82) is 0 Å². The molecule has 0 fully saturated rings. The van der Waals surface area contributed by atoms with Crippen LogP contribution < -0.4 is 10.6 Å². The second-order valence-corrected chi connectivity index (χ2v) is 6.58. The zero-order chi connectivity index (χ0) is 20.5. The van der Waals surface area contributed by atoms with Crippen LogP contribution in [0.4, 0.5) is 0 Å². The van der Waals surface area contributed by atoms with Gasteiger partial charge in [0.1, 0.15) is 0 Å². The second-order valence-electron chi connectivity index (χ2n) is 6.58. The Morgan fingerprint density at radius 1 is 1.00 bits per heavy atom. The molecule has 0 aliphatic rings. The standard InChI is InChI=1S/C23H25N3O3/c1-2-29-13-5-12-24-22(27)16-26-23(28)18-10-8-17(9-11-18)20-14-19-6-3-4-7-21(19)25-15-20/h3-4,6-11,14-15H,2,5,12-13,16H2,1H3,(H,24,27)(H,26,28). The van der Waals surface area contributed by atoms with Gasteiger partial charge >= 0.3 is 0 Å². The topological polar surface area (TPSA) is 80.3 Å². The number of carbonyl (C=O) groups is 2. The van der Waals surface area contributed by atoms with Crippen molar-refractivity contribution in [2.45, 2.75) is 13.3 Å². The maximum Gasteiger partial charge on any atom is 0.251 e. The molecule has 1 aromatic heterocycles. The molecule has 0 spiro atoms. The molecule has 2 aromatic carbocycles.